The van der Waals surface area contributed by atoms with Crippen molar-refractivity contribution in [3.05, 3.63) is 253 Å². The highest BCUT2D eigenvalue weighted by Crippen LogP contribution is 2.29. The molecule has 0 radical (unpaired) electrons. The van der Waals surface area contributed by atoms with Crippen molar-refractivity contribution in [3.63, 3.8) is 0 Å². The fourth-order valence-electron chi connectivity index (χ4n) is 10.6. The predicted molar refractivity (Wildman–Crippen MR) is 436 cm³/mol. The summed E-state index contributed by atoms with van der Waals surface area (Å²) in [5.74, 6) is 10.1. The van der Waals surface area contributed by atoms with E-state index in [0.29, 0.717) is 47.3 Å². The van der Waals surface area contributed by atoms with Gasteiger partial charge < -0.3 is 22.8 Å². The van der Waals surface area contributed by atoms with Crippen LogP contribution in [-0.4, -0.2) is 72.8 Å². The Morgan fingerprint density at radius 1 is 0.379 bits per heavy atom. The van der Waals surface area contributed by atoms with Crippen LogP contribution in [0.4, 0.5) is 0 Å². The van der Waals surface area contributed by atoms with E-state index in [1.165, 1.54) is 45.4 Å². The Morgan fingerprint density at radius 3 is 1.13 bits per heavy atom. The minimum Gasteiger partial charge on any atom is -0.338 e. The van der Waals surface area contributed by atoms with Crippen molar-refractivity contribution >= 4 is 40.5 Å². The average Bonchev–Trinajstić information content (AvgIpc) is 1.67. The summed E-state index contributed by atoms with van der Waals surface area (Å²) in [6, 6.07) is 38.1. The summed E-state index contributed by atoms with van der Waals surface area (Å²) in [6.45, 7) is 52.9. The van der Waals surface area contributed by atoms with Crippen molar-refractivity contribution in [2.24, 2.45) is 32.1 Å². The lowest BCUT2D eigenvalue weighted by molar-refractivity contribution is 0.698. The second-order valence-corrected chi connectivity index (χ2v) is 30.1. The SMILES string of the molecule is CC1=C(C)N=C(C(C)C)C1.Cc1cc(C(C)C)nn1C.Cc1nc(C(C)C)c(Cl)n1-c1ccccc1.Cc1nc(C(C)C)cn1-c1ccc(Cl)cc1.Cc1nc(C(C)C)cn1-c1cccc(Cl)c1.Cc1nc(C(C)C)cn1-c1ccccc1.Cc1nc(C(C)C)cn1C.Cc1ncc(C(C)C)n1C. The van der Waals surface area contributed by atoms with E-state index in [0.717, 1.165) is 96.4 Å². The number of halogens is 3. The third kappa shape index (κ3) is 25.2. The Bertz CT molecular complexity index is 4350. The number of hydrogen-bond donors (Lipinski definition) is 0. The minimum absolute atomic E-state index is 0.344. The molecule has 0 saturated heterocycles. The highest BCUT2D eigenvalue weighted by atomic mass is 35.5. The highest BCUT2D eigenvalue weighted by Gasteiger charge is 2.18. The second-order valence-electron chi connectivity index (χ2n) is 28.9. The summed E-state index contributed by atoms with van der Waals surface area (Å²) in [7, 11) is 6.05. The first-order valence-corrected chi connectivity index (χ1v) is 37.3. The molecule has 8 heterocycles. The van der Waals surface area contributed by atoms with Gasteiger partial charge in [0.1, 0.15) is 40.1 Å². The largest absolute Gasteiger partial charge is 0.338 e. The van der Waals surface area contributed by atoms with E-state index in [1.54, 1.807) is 0 Å². The molecule has 11 aromatic rings. The Labute approximate surface area is 632 Å². The first kappa shape index (κ1) is 85.3. The molecule has 0 spiro atoms. The molecule has 7 aromatic heterocycles. The van der Waals surface area contributed by atoms with Crippen LogP contribution in [0.15, 0.2) is 163 Å². The van der Waals surface area contributed by atoms with Crippen molar-refractivity contribution in [3.8, 4) is 22.7 Å². The summed E-state index contributed by atoms with van der Waals surface area (Å²) in [5, 5.41) is 6.55. The molecule has 0 unspecified atom stereocenters. The zero-order valence-electron chi connectivity index (χ0n) is 67.0. The molecule has 0 amide bonds. The predicted octanol–water partition coefficient (Wildman–Crippen LogP) is 23.5. The van der Waals surface area contributed by atoms with Crippen LogP contribution in [0.2, 0.25) is 15.2 Å². The van der Waals surface area contributed by atoms with Crippen LogP contribution < -0.4 is 0 Å². The molecule has 18 heteroatoms. The number of nitrogens with zero attached hydrogens (tertiary/aromatic N) is 15. The first-order valence-electron chi connectivity index (χ1n) is 36.2. The van der Waals surface area contributed by atoms with Gasteiger partial charge in [0.15, 0.2) is 0 Å². The summed E-state index contributed by atoms with van der Waals surface area (Å²) in [4.78, 5) is 31.2. The van der Waals surface area contributed by atoms with Crippen molar-refractivity contribution in [2.75, 3.05) is 0 Å². The summed E-state index contributed by atoms with van der Waals surface area (Å²) in [6.07, 6.45) is 11.4. The van der Waals surface area contributed by atoms with Crippen molar-refractivity contribution in [1.29, 1.82) is 0 Å². The average molecular weight is 1460 g/mol. The maximum atomic E-state index is 6.36. The van der Waals surface area contributed by atoms with Crippen LogP contribution in [0.1, 0.15) is 253 Å². The molecule has 0 N–H and O–H groups in total. The third-order valence-corrected chi connectivity index (χ3v) is 18.5. The first-order chi connectivity index (χ1) is 48.4. The number of aryl methyl sites for hydroxylation is 9. The monoisotopic (exact) mass is 1450 g/mol. The highest BCUT2D eigenvalue weighted by molar-refractivity contribution is 6.31. The standard InChI is InChI=1S/3C13H15ClN2.C13H16N2.C9H15N.3C8H14N2/c1-9(2)13-8-16(10(3)15-13)12-6-4-11(14)5-7-12;1-9(2)13-8-16(10(3)15-13)12-6-4-5-11(14)7-12;1-9(2)12-13(14)16(10(3)15-12)11-7-5-4-6-8-11;1-10(2)13-9-15(11(3)14-13)12-7-5-4-6-8-12;1-6(2)9-5-7(3)8(4)10-9;1-6(2)8-5-10(4)7(3)9-8;1-6(2)8-5-9-7(3)10(8)4;1-6(2)8-5-7(3)10(4)9-8/h3*4-9H,1-3H3;4-10H,1-3H3;6H,5H2,1-4H3;3*5-6H,1-4H3. The molecule has 4 aromatic carbocycles. The van der Waals surface area contributed by atoms with E-state index in [-0.39, 0.29) is 0 Å². The van der Waals surface area contributed by atoms with Gasteiger partial charge in [0, 0.05) is 114 Å². The number of para-hydroxylation sites is 2. The lowest BCUT2D eigenvalue weighted by Crippen LogP contribution is -2.03. The van der Waals surface area contributed by atoms with Crippen LogP contribution in [0, 0.1) is 54.4 Å². The normalized spacial score (nSPS) is 11.7. The molecular formula is C85H118Cl3N15. The quantitative estimate of drug-likeness (QED) is 0.119. The number of imidazole rings is 6. The maximum Gasteiger partial charge on any atom is 0.136 e. The van der Waals surface area contributed by atoms with Crippen LogP contribution in [0.5, 0.6) is 0 Å². The smallest absolute Gasteiger partial charge is 0.136 e. The van der Waals surface area contributed by atoms with E-state index >= 15 is 0 Å². The zero-order chi connectivity index (χ0) is 76.9. The van der Waals surface area contributed by atoms with E-state index in [1.807, 2.05) is 168 Å². The molecule has 15 nitrogen and oxygen atoms in total. The number of aliphatic imine (C=N–C) groups is 1. The number of hydrogen-bond acceptors (Lipinski definition) is 8. The summed E-state index contributed by atoms with van der Waals surface area (Å²) in [5.41, 5.74) is 17.6. The molecule has 0 saturated carbocycles. The zero-order valence-corrected chi connectivity index (χ0v) is 69.3. The van der Waals surface area contributed by atoms with Crippen LogP contribution in [0.25, 0.3) is 22.7 Å². The Balaban J connectivity index is 0.000000214. The van der Waals surface area contributed by atoms with Gasteiger partial charge in [-0.1, -0.05) is 188 Å². The fraction of sp³-hybridized carbons (Fsp3) is 0.435. The lowest BCUT2D eigenvalue weighted by Gasteiger charge is -2.06. The molecular weight excluding hydrogens is 1340 g/mol. The van der Waals surface area contributed by atoms with E-state index in [9.17, 15) is 0 Å². The van der Waals surface area contributed by atoms with E-state index < -0.39 is 0 Å². The molecule has 0 atom stereocenters. The van der Waals surface area contributed by atoms with Gasteiger partial charge in [0.25, 0.3) is 0 Å². The lowest BCUT2D eigenvalue weighted by atomic mass is 10.0. The molecule has 103 heavy (non-hydrogen) atoms. The van der Waals surface area contributed by atoms with E-state index in [2.05, 4.69) is 244 Å². The molecule has 1 aliphatic rings. The van der Waals surface area contributed by atoms with Crippen LogP contribution in [0.3, 0.4) is 0 Å². The molecule has 0 fully saturated rings. The van der Waals surface area contributed by atoms with Crippen molar-refractivity contribution in [2.45, 2.75) is 221 Å². The maximum absolute atomic E-state index is 6.36. The van der Waals surface area contributed by atoms with Crippen LogP contribution >= 0.6 is 34.8 Å². The topological polar surface area (TPSA) is 137 Å². The second kappa shape index (κ2) is 40.1. The third-order valence-electron chi connectivity index (χ3n) is 17.6. The summed E-state index contributed by atoms with van der Waals surface area (Å²) < 4.78 is 14.4. The van der Waals surface area contributed by atoms with Crippen LogP contribution in [-0.2, 0) is 21.1 Å². The number of allylic oxidation sites excluding steroid dienone is 2. The minimum atomic E-state index is 0.344. The Morgan fingerprint density at radius 2 is 0.816 bits per heavy atom. The summed E-state index contributed by atoms with van der Waals surface area (Å²) >= 11 is 18.2. The molecule has 1 aliphatic heterocycles. The fourth-order valence-corrected chi connectivity index (χ4v) is 11.4. The van der Waals surface area contributed by atoms with E-state index in [4.69, 9.17) is 34.8 Å². The number of rotatable bonds is 12. The van der Waals surface area contributed by atoms with Gasteiger partial charge in [-0.2, -0.15) is 5.10 Å². The molecule has 12 rings (SSSR count). The Kier molecular flexibility index (Phi) is 33.2. The van der Waals surface area contributed by atoms with Crippen molar-refractivity contribution < 1.29 is 0 Å². The Hall–Kier alpha value is -8.37. The molecule has 0 bridgehead atoms. The van der Waals surface area contributed by atoms with Gasteiger partial charge in [-0.05, 0) is 188 Å². The van der Waals surface area contributed by atoms with Gasteiger partial charge >= 0.3 is 0 Å². The number of aromatic nitrogens is 14. The van der Waals surface area contributed by atoms with Gasteiger partial charge in [0.05, 0.1) is 34.2 Å². The van der Waals surface area contributed by atoms with Gasteiger partial charge in [-0.25, -0.2) is 29.9 Å². The molecule has 554 valence electrons. The van der Waals surface area contributed by atoms with Gasteiger partial charge in [0.2, 0.25) is 0 Å². The van der Waals surface area contributed by atoms with Gasteiger partial charge in [-0.3, -0.25) is 14.2 Å². The molecule has 0 aliphatic carbocycles. The van der Waals surface area contributed by atoms with Crippen molar-refractivity contribution in [1.82, 2.24) is 67.1 Å². The number of benzene rings is 4. The van der Waals surface area contributed by atoms with Gasteiger partial charge in [-0.15, -0.1) is 0 Å².